The van der Waals surface area contributed by atoms with Crippen LogP contribution in [0.1, 0.15) is 46.0 Å². The van der Waals surface area contributed by atoms with Crippen molar-refractivity contribution in [3.05, 3.63) is 0 Å². The third-order valence-corrected chi connectivity index (χ3v) is 4.59. The summed E-state index contributed by atoms with van der Waals surface area (Å²) in [5.41, 5.74) is 0.685. The molecule has 0 radical (unpaired) electrons. The SMILES string of the molecule is CCC1(CC)CCN(CCCBr)CC1. The molecule has 14 heavy (non-hydrogen) atoms. The standard InChI is InChI=1S/C12H24BrN/c1-3-12(4-2)6-10-14(11-7-12)9-5-8-13/h3-11H2,1-2H3. The highest BCUT2D eigenvalue weighted by atomic mass is 79.9. The summed E-state index contributed by atoms with van der Waals surface area (Å²) in [5.74, 6) is 0. The molecule has 84 valence electrons. The van der Waals surface area contributed by atoms with Gasteiger partial charge in [0.1, 0.15) is 0 Å². The molecule has 0 amide bonds. The molecule has 1 aliphatic rings. The lowest BCUT2D eigenvalue weighted by Crippen LogP contribution is -2.40. The van der Waals surface area contributed by atoms with Gasteiger partial charge in [-0.25, -0.2) is 0 Å². The summed E-state index contributed by atoms with van der Waals surface area (Å²) >= 11 is 3.50. The Balaban J connectivity index is 2.29. The van der Waals surface area contributed by atoms with E-state index in [-0.39, 0.29) is 0 Å². The predicted octanol–water partition coefficient (Wildman–Crippen LogP) is 3.67. The molecule has 0 aromatic heterocycles. The van der Waals surface area contributed by atoms with E-state index >= 15 is 0 Å². The van der Waals surface area contributed by atoms with Crippen LogP contribution < -0.4 is 0 Å². The predicted molar refractivity (Wildman–Crippen MR) is 67.1 cm³/mol. The van der Waals surface area contributed by atoms with Gasteiger partial charge in [0.05, 0.1) is 0 Å². The molecule has 1 heterocycles. The van der Waals surface area contributed by atoms with Gasteiger partial charge in [-0.3, -0.25) is 0 Å². The molecule has 2 heteroatoms. The number of halogens is 1. The maximum Gasteiger partial charge on any atom is 0.00434 e. The van der Waals surface area contributed by atoms with Gasteiger partial charge in [0, 0.05) is 5.33 Å². The van der Waals surface area contributed by atoms with E-state index in [0.717, 1.165) is 5.33 Å². The Kier molecular flexibility index (Phi) is 5.47. The molecule has 0 bridgehead atoms. The van der Waals surface area contributed by atoms with Crippen LogP contribution >= 0.6 is 15.9 Å². The fraction of sp³-hybridized carbons (Fsp3) is 1.00. The molecule has 0 unspecified atom stereocenters. The molecule has 0 atom stereocenters. The zero-order valence-corrected chi connectivity index (χ0v) is 11.3. The van der Waals surface area contributed by atoms with E-state index in [1.165, 1.54) is 51.7 Å². The summed E-state index contributed by atoms with van der Waals surface area (Å²) < 4.78 is 0. The third-order valence-electron chi connectivity index (χ3n) is 4.02. The Hall–Kier alpha value is 0.440. The average molecular weight is 262 g/mol. The monoisotopic (exact) mass is 261 g/mol. The van der Waals surface area contributed by atoms with E-state index < -0.39 is 0 Å². The first-order chi connectivity index (χ1) is 6.76. The maximum absolute atomic E-state index is 3.50. The van der Waals surface area contributed by atoms with Gasteiger partial charge in [0.25, 0.3) is 0 Å². The Morgan fingerprint density at radius 3 is 2.14 bits per heavy atom. The van der Waals surface area contributed by atoms with Crippen LogP contribution in [-0.4, -0.2) is 29.9 Å². The van der Waals surface area contributed by atoms with Crippen molar-refractivity contribution in [1.82, 2.24) is 4.90 Å². The number of hydrogen-bond donors (Lipinski definition) is 0. The minimum atomic E-state index is 0.685. The average Bonchev–Trinajstić information content (AvgIpc) is 2.27. The Morgan fingerprint density at radius 2 is 1.71 bits per heavy atom. The van der Waals surface area contributed by atoms with E-state index in [4.69, 9.17) is 0 Å². The Morgan fingerprint density at radius 1 is 1.14 bits per heavy atom. The van der Waals surface area contributed by atoms with E-state index in [2.05, 4.69) is 34.7 Å². The van der Waals surface area contributed by atoms with E-state index in [0.29, 0.717) is 5.41 Å². The minimum Gasteiger partial charge on any atom is -0.303 e. The van der Waals surface area contributed by atoms with Crippen molar-refractivity contribution in [2.24, 2.45) is 5.41 Å². The molecule has 0 aromatic carbocycles. The van der Waals surface area contributed by atoms with Crippen molar-refractivity contribution in [3.8, 4) is 0 Å². The van der Waals surface area contributed by atoms with Gasteiger partial charge in [0.15, 0.2) is 0 Å². The molecule has 0 aromatic rings. The zero-order chi connectivity index (χ0) is 10.4. The van der Waals surface area contributed by atoms with Crippen LogP contribution in [0.25, 0.3) is 0 Å². The van der Waals surface area contributed by atoms with Gasteiger partial charge >= 0.3 is 0 Å². The first-order valence-electron chi connectivity index (χ1n) is 6.04. The second-order valence-corrected chi connectivity index (χ2v) is 5.38. The van der Waals surface area contributed by atoms with Crippen LogP contribution in [0.15, 0.2) is 0 Å². The van der Waals surface area contributed by atoms with E-state index in [1.807, 2.05) is 0 Å². The van der Waals surface area contributed by atoms with Crippen LogP contribution in [0.5, 0.6) is 0 Å². The first-order valence-corrected chi connectivity index (χ1v) is 7.17. The van der Waals surface area contributed by atoms with Gasteiger partial charge in [-0.15, -0.1) is 0 Å². The van der Waals surface area contributed by atoms with Crippen LogP contribution in [0.3, 0.4) is 0 Å². The minimum absolute atomic E-state index is 0.685. The van der Waals surface area contributed by atoms with Gasteiger partial charge in [-0.2, -0.15) is 0 Å². The number of likely N-dealkylation sites (tertiary alicyclic amines) is 1. The quantitative estimate of drug-likeness (QED) is 0.683. The van der Waals surface area contributed by atoms with Crippen molar-refractivity contribution in [1.29, 1.82) is 0 Å². The zero-order valence-electron chi connectivity index (χ0n) is 9.69. The fourth-order valence-electron chi connectivity index (χ4n) is 2.49. The number of rotatable bonds is 5. The summed E-state index contributed by atoms with van der Waals surface area (Å²) in [6, 6.07) is 0. The molecule has 0 spiro atoms. The van der Waals surface area contributed by atoms with Crippen molar-refractivity contribution >= 4 is 15.9 Å². The topological polar surface area (TPSA) is 3.24 Å². The number of alkyl halides is 1. The lowest BCUT2D eigenvalue weighted by Gasteiger charge is -2.41. The second kappa shape index (κ2) is 6.12. The molecule has 0 N–H and O–H groups in total. The highest BCUT2D eigenvalue weighted by Crippen LogP contribution is 2.37. The molecule has 0 aliphatic carbocycles. The van der Waals surface area contributed by atoms with Crippen LogP contribution in [0.2, 0.25) is 0 Å². The van der Waals surface area contributed by atoms with Crippen molar-refractivity contribution < 1.29 is 0 Å². The largest absolute Gasteiger partial charge is 0.303 e. The first kappa shape index (κ1) is 12.5. The molecular weight excluding hydrogens is 238 g/mol. The van der Waals surface area contributed by atoms with E-state index in [9.17, 15) is 0 Å². The van der Waals surface area contributed by atoms with Crippen molar-refractivity contribution in [2.75, 3.05) is 25.0 Å². The lowest BCUT2D eigenvalue weighted by atomic mass is 9.74. The number of hydrogen-bond acceptors (Lipinski definition) is 1. The molecular formula is C12H24BrN. The summed E-state index contributed by atoms with van der Waals surface area (Å²) in [7, 11) is 0. The molecule has 1 fully saturated rings. The molecule has 1 rings (SSSR count). The molecule has 0 saturated carbocycles. The summed E-state index contributed by atoms with van der Waals surface area (Å²) in [5, 5.41) is 1.15. The Labute approximate surface area is 97.4 Å². The van der Waals surface area contributed by atoms with Gasteiger partial charge in [-0.05, 0) is 44.3 Å². The van der Waals surface area contributed by atoms with Crippen molar-refractivity contribution in [2.45, 2.75) is 46.0 Å². The lowest BCUT2D eigenvalue weighted by molar-refractivity contribution is 0.0959. The normalized spacial score (nSPS) is 22.5. The second-order valence-electron chi connectivity index (χ2n) is 4.59. The Bertz CT molecular complexity index is 144. The van der Waals surface area contributed by atoms with Crippen LogP contribution in [0.4, 0.5) is 0 Å². The molecule has 1 aliphatic heterocycles. The van der Waals surface area contributed by atoms with Gasteiger partial charge in [0.2, 0.25) is 0 Å². The number of piperidine rings is 1. The number of nitrogens with zero attached hydrogens (tertiary/aromatic N) is 1. The summed E-state index contributed by atoms with van der Waals surface area (Å²) in [4.78, 5) is 2.63. The third kappa shape index (κ3) is 3.23. The smallest absolute Gasteiger partial charge is 0.00434 e. The van der Waals surface area contributed by atoms with Crippen LogP contribution in [0, 0.1) is 5.41 Å². The van der Waals surface area contributed by atoms with Gasteiger partial charge < -0.3 is 4.90 Å². The van der Waals surface area contributed by atoms with Crippen LogP contribution in [-0.2, 0) is 0 Å². The highest BCUT2D eigenvalue weighted by molar-refractivity contribution is 9.09. The van der Waals surface area contributed by atoms with Crippen molar-refractivity contribution in [3.63, 3.8) is 0 Å². The fourth-order valence-corrected chi connectivity index (χ4v) is 2.74. The van der Waals surface area contributed by atoms with E-state index in [1.54, 1.807) is 0 Å². The summed E-state index contributed by atoms with van der Waals surface area (Å²) in [6.45, 7) is 8.66. The maximum atomic E-state index is 3.50. The summed E-state index contributed by atoms with van der Waals surface area (Å²) in [6.07, 6.45) is 6.88. The highest BCUT2D eigenvalue weighted by Gasteiger charge is 2.30. The molecule has 1 saturated heterocycles. The molecule has 1 nitrogen and oxygen atoms in total. The van der Waals surface area contributed by atoms with Gasteiger partial charge in [-0.1, -0.05) is 42.6 Å².